The molecule has 1 heterocycles. The molecule has 7 heteroatoms. The number of rotatable bonds is 5. The second kappa shape index (κ2) is 6.86. The third-order valence-corrected chi connectivity index (χ3v) is 2.70. The van der Waals surface area contributed by atoms with E-state index in [2.05, 4.69) is 20.8 Å². The first-order valence-electron chi connectivity index (χ1n) is 6.26. The lowest BCUT2D eigenvalue weighted by Gasteiger charge is -2.06. The van der Waals surface area contributed by atoms with Crippen LogP contribution >= 0.6 is 0 Å². The summed E-state index contributed by atoms with van der Waals surface area (Å²) in [6.07, 6.45) is 1.48. The number of carbonyl (C=O) groups excluding carboxylic acids is 2. The highest BCUT2D eigenvalue weighted by Crippen LogP contribution is 2.03. The predicted molar refractivity (Wildman–Crippen MR) is 74.4 cm³/mol. The summed E-state index contributed by atoms with van der Waals surface area (Å²) in [7, 11) is 0. The lowest BCUT2D eigenvalue weighted by molar-refractivity contribution is 0.0925. The second-order valence-electron chi connectivity index (χ2n) is 4.17. The molecule has 0 radical (unpaired) electrons. The Kier molecular flexibility index (Phi) is 4.66. The molecule has 1 aromatic carbocycles. The molecule has 0 unspecified atom stereocenters. The minimum absolute atomic E-state index is 0.284. The van der Waals surface area contributed by atoms with Crippen LogP contribution in [0.1, 0.15) is 26.4 Å². The van der Waals surface area contributed by atoms with Gasteiger partial charge in [0, 0.05) is 24.8 Å². The van der Waals surface area contributed by atoms with Crippen molar-refractivity contribution in [2.45, 2.75) is 0 Å². The fraction of sp³-hybridized carbons (Fsp3) is 0.143. The third-order valence-electron chi connectivity index (χ3n) is 2.70. The molecule has 1 aromatic heterocycles. The number of nitrogens with zero attached hydrogens (tertiary/aromatic N) is 2. The number of carbonyl (C=O) groups is 2. The maximum absolute atomic E-state index is 11.8. The molecule has 2 amide bonds. The molecule has 0 saturated heterocycles. The molecule has 3 N–H and O–H groups in total. The van der Waals surface area contributed by atoms with Crippen LogP contribution in [0.25, 0.3) is 0 Å². The van der Waals surface area contributed by atoms with Gasteiger partial charge in [-0.2, -0.15) is 10.4 Å². The summed E-state index contributed by atoms with van der Waals surface area (Å²) >= 11 is 0. The van der Waals surface area contributed by atoms with Gasteiger partial charge in [-0.3, -0.25) is 14.7 Å². The molecule has 0 saturated carbocycles. The summed E-state index contributed by atoms with van der Waals surface area (Å²) in [5.41, 5.74) is 1.20. The molecule has 2 rings (SSSR count). The second-order valence-corrected chi connectivity index (χ2v) is 4.17. The van der Waals surface area contributed by atoms with Crippen LogP contribution in [0, 0.1) is 11.3 Å². The molecule has 21 heavy (non-hydrogen) atoms. The number of H-pyrrole nitrogens is 1. The topological polar surface area (TPSA) is 111 Å². The number of nitrogens with one attached hydrogen (secondary N) is 3. The number of aromatic amines is 1. The Bertz CT molecular complexity index is 673. The Balaban J connectivity index is 1.77. The molecular weight excluding hydrogens is 270 g/mol. The van der Waals surface area contributed by atoms with Gasteiger partial charge in [-0.1, -0.05) is 6.07 Å². The Hall–Kier alpha value is -3.14. The normalized spacial score (nSPS) is 9.67. The van der Waals surface area contributed by atoms with Crippen LogP contribution in [0.2, 0.25) is 0 Å². The first kappa shape index (κ1) is 14.3. The number of hydrogen-bond acceptors (Lipinski definition) is 4. The van der Waals surface area contributed by atoms with E-state index in [9.17, 15) is 9.59 Å². The number of amides is 2. The quantitative estimate of drug-likeness (QED) is 0.691. The monoisotopic (exact) mass is 283 g/mol. The Morgan fingerprint density at radius 2 is 1.95 bits per heavy atom. The Labute approximate surface area is 121 Å². The smallest absolute Gasteiger partial charge is 0.269 e. The highest BCUT2D eigenvalue weighted by molar-refractivity contribution is 5.94. The molecule has 0 bridgehead atoms. The van der Waals surface area contributed by atoms with Crippen LogP contribution in [-0.4, -0.2) is 35.1 Å². The van der Waals surface area contributed by atoms with Crippen molar-refractivity contribution in [2.24, 2.45) is 0 Å². The molecule has 2 aromatic rings. The largest absolute Gasteiger partial charge is 0.350 e. The van der Waals surface area contributed by atoms with Gasteiger partial charge in [-0.25, -0.2) is 0 Å². The number of benzene rings is 1. The van der Waals surface area contributed by atoms with Gasteiger partial charge in [-0.05, 0) is 24.3 Å². The van der Waals surface area contributed by atoms with Gasteiger partial charge in [0.15, 0.2) is 0 Å². The van der Waals surface area contributed by atoms with Crippen molar-refractivity contribution in [3.05, 3.63) is 53.3 Å². The van der Waals surface area contributed by atoms with Crippen molar-refractivity contribution in [1.29, 1.82) is 5.26 Å². The zero-order valence-corrected chi connectivity index (χ0v) is 11.1. The van der Waals surface area contributed by atoms with Crippen LogP contribution < -0.4 is 10.6 Å². The van der Waals surface area contributed by atoms with E-state index in [1.54, 1.807) is 24.3 Å². The van der Waals surface area contributed by atoms with E-state index >= 15 is 0 Å². The van der Waals surface area contributed by atoms with Crippen LogP contribution in [0.5, 0.6) is 0 Å². The van der Waals surface area contributed by atoms with Gasteiger partial charge < -0.3 is 10.6 Å². The van der Waals surface area contributed by atoms with E-state index in [0.29, 0.717) is 23.4 Å². The lowest BCUT2D eigenvalue weighted by atomic mass is 10.1. The highest BCUT2D eigenvalue weighted by Gasteiger charge is 2.07. The highest BCUT2D eigenvalue weighted by atomic mass is 16.2. The number of hydrogen-bond donors (Lipinski definition) is 3. The third kappa shape index (κ3) is 3.91. The minimum atomic E-state index is -0.289. The van der Waals surface area contributed by atoms with E-state index < -0.39 is 0 Å². The van der Waals surface area contributed by atoms with Gasteiger partial charge in [0.2, 0.25) is 0 Å². The number of nitriles is 1. The molecule has 0 aliphatic rings. The average molecular weight is 283 g/mol. The molecule has 0 aliphatic heterocycles. The molecular formula is C14H13N5O2. The summed E-state index contributed by atoms with van der Waals surface area (Å²) in [4.78, 5) is 23.4. The molecule has 0 aliphatic carbocycles. The van der Waals surface area contributed by atoms with Crippen molar-refractivity contribution in [3.8, 4) is 6.07 Å². The maximum Gasteiger partial charge on any atom is 0.269 e. The fourth-order valence-electron chi connectivity index (χ4n) is 1.66. The Morgan fingerprint density at radius 1 is 1.19 bits per heavy atom. The molecule has 0 fully saturated rings. The first-order chi connectivity index (χ1) is 10.2. The molecule has 0 atom stereocenters. The maximum atomic E-state index is 11.8. The first-order valence-corrected chi connectivity index (χ1v) is 6.26. The van der Waals surface area contributed by atoms with Crippen molar-refractivity contribution < 1.29 is 9.59 Å². The predicted octanol–water partition coefficient (Wildman–Crippen LogP) is 0.441. The van der Waals surface area contributed by atoms with Crippen molar-refractivity contribution >= 4 is 11.8 Å². The summed E-state index contributed by atoms with van der Waals surface area (Å²) in [5, 5.41) is 20.3. The van der Waals surface area contributed by atoms with Crippen LogP contribution in [0.4, 0.5) is 0 Å². The molecule has 7 nitrogen and oxygen atoms in total. The standard InChI is InChI=1S/C14H13N5O2/c15-9-10-2-1-3-11(8-10)13(20)16-6-7-17-14(21)12-4-5-18-19-12/h1-5,8H,6-7H2,(H,16,20)(H,17,21)(H,18,19). The van der Waals surface area contributed by atoms with Gasteiger partial charge in [0.05, 0.1) is 11.6 Å². The Morgan fingerprint density at radius 3 is 2.62 bits per heavy atom. The van der Waals surface area contributed by atoms with Crippen molar-refractivity contribution in [1.82, 2.24) is 20.8 Å². The lowest BCUT2D eigenvalue weighted by Crippen LogP contribution is -2.34. The van der Waals surface area contributed by atoms with E-state index in [1.165, 1.54) is 12.3 Å². The molecule has 106 valence electrons. The van der Waals surface area contributed by atoms with Crippen molar-refractivity contribution in [3.63, 3.8) is 0 Å². The minimum Gasteiger partial charge on any atom is -0.350 e. The summed E-state index contributed by atoms with van der Waals surface area (Å²) < 4.78 is 0. The van der Waals surface area contributed by atoms with E-state index in [4.69, 9.17) is 5.26 Å². The number of aromatic nitrogens is 2. The zero-order valence-electron chi connectivity index (χ0n) is 11.1. The zero-order chi connectivity index (χ0) is 15.1. The SMILES string of the molecule is N#Cc1cccc(C(=O)NCCNC(=O)c2ccn[nH]2)c1. The fourth-order valence-corrected chi connectivity index (χ4v) is 1.66. The summed E-state index contributed by atoms with van der Waals surface area (Å²) in [6, 6.07) is 9.94. The summed E-state index contributed by atoms with van der Waals surface area (Å²) in [6.45, 7) is 0.580. The van der Waals surface area contributed by atoms with Gasteiger partial charge >= 0.3 is 0 Å². The van der Waals surface area contributed by atoms with Crippen LogP contribution in [-0.2, 0) is 0 Å². The van der Waals surface area contributed by atoms with Crippen molar-refractivity contribution in [2.75, 3.05) is 13.1 Å². The van der Waals surface area contributed by atoms with Gasteiger partial charge in [-0.15, -0.1) is 0 Å². The van der Waals surface area contributed by atoms with Crippen LogP contribution in [0.3, 0.4) is 0 Å². The van der Waals surface area contributed by atoms with Gasteiger partial charge in [0.25, 0.3) is 11.8 Å². The molecule has 0 spiro atoms. The van der Waals surface area contributed by atoms with Gasteiger partial charge in [0.1, 0.15) is 5.69 Å². The average Bonchev–Trinajstić information content (AvgIpc) is 3.05. The summed E-state index contributed by atoms with van der Waals surface area (Å²) in [5.74, 6) is -0.573. The van der Waals surface area contributed by atoms with E-state index in [-0.39, 0.29) is 18.4 Å². The van der Waals surface area contributed by atoms with E-state index in [0.717, 1.165) is 0 Å². The van der Waals surface area contributed by atoms with Crippen LogP contribution in [0.15, 0.2) is 36.5 Å². The van der Waals surface area contributed by atoms with E-state index in [1.807, 2.05) is 6.07 Å².